The molecule has 0 aromatic heterocycles. The van der Waals surface area contributed by atoms with E-state index in [1.807, 2.05) is 6.07 Å². The summed E-state index contributed by atoms with van der Waals surface area (Å²) in [7, 11) is 0. The highest BCUT2D eigenvalue weighted by atomic mass is 35.5. The molecule has 118 valence electrons. The van der Waals surface area contributed by atoms with Crippen LogP contribution in [0.5, 0.6) is 0 Å². The Bertz CT molecular complexity index is 779. The van der Waals surface area contributed by atoms with Gasteiger partial charge < -0.3 is 0 Å². The van der Waals surface area contributed by atoms with Crippen molar-refractivity contribution >= 4 is 17.2 Å². The second kappa shape index (κ2) is 4.98. The average Bonchev–Trinajstić information content (AvgIpc) is 3.33. The van der Waals surface area contributed by atoms with Crippen LogP contribution in [0.4, 0.5) is 0 Å². The predicted molar refractivity (Wildman–Crippen MR) is 99.2 cm³/mol. The highest BCUT2D eigenvalue weighted by molar-refractivity contribution is 6.32. The number of rotatable bonds is 2. The molecule has 1 spiro atoms. The molecule has 1 heteroatoms. The van der Waals surface area contributed by atoms with Gasteiger partial charge in [-0.05, 0) is 70.9 Å². The lowest BCUT2D eigenvalue weighted by Crippen LogP contribution is -2.30. The molecule has 2 aromatic carbocycles. The Morgan fingerprint density at radius 3 is 2.26 bits per heavy atom. The van der Waals surface area contributed by atoms with Crippen molar-refractivity contribution in [3.05, 3.63) is 76.3 Å². The molecule has 2 aliphatic carbocycles. The van der Waals surface area contributed by atoms with Gasteiger partial charge in [0.1, 0.15) is 0 Å². The normalized spacial score (nSPS) is 20.1. The van der Waals surface area contributed by atoms with Gasteiger partial charge in [0.15, 0.2) is 0 Å². The third-order valence-corrected chi connectivity index (χ3v) is 6.25. The fourth-order valence-electron chi connectivity index (χ4n) is 4.09. The molecule has 0 unspecified atom stereocenters. The molecule has 0 nitrogen and oxygen atoms in total. The van der Waals surface area contributed by atoms with Gasteiger partial charge in [0.05, 0.1) is 0 Å². The van der Waals surface area contributed by atoms with E-state index < -0.39 is 0 Å². The minimum Gasteiger partial charge on any atom is -0.0905 e. The third kappa shape index (κ3) is 2.35. The molecule has 2 aliphatic rings. The first-order valence-electron chi connectivity index (χ1n) is 8.52. The zero-order valence-electron chi connectivity index (χ0n) is 14.0. The summed E-state index contributed by atoms with van der Waals surface area (Å²) in [5.41, 5.74) is 6.91. The molecule has 1 saturated carbocycles. The molecular weight excluding hydrogens is 300 g/mol. The van der Waals surface area contributed by atoms with Crippen molar-refractivity contribution in [3.63, 3.8) is 0 Å². The summed E-state index contributed by atoms with van der Waals surface area (Å²) in [6.07, 6.45) is 5.23. The number of benzene rings is 2. The molecule has 0 radical (unpaired) electrons. The van der Waals surface area contributed by atoms with Gasteiger partial charge in [-0.3, -0.25) is 0 Å². The minimum atomic E-state index is 0.222. The second-order valence-electron chi connectivity index (χ2n) is 7.89. The SMILES string of the molecule is C=C(c1ccccc1)c1cc2c(cc1Cl)C(C)(C)CCC21CC1. The van der Waals surface area contributed by atoms with E-state index in [1.165, 1.54) is 36.8 Å². The largest absolute Gasteiger partial charge is 0.0905 e. The van der Waals surface area contributed by atoms with Gasteiger partial charge in [-0.1, -0.05) is 62.4 Å². The average molecular weight is 323 g/mol. The number of halogens is 1. The van der Waals surface area contributed by atoms with Crippen LogP contribution in [0.25, 0.3) is 5.57 Å². The van der Waals surface area contributed by atoms with E-state index in [4.69, 9.17) is 11.6 Å². The Kier molecular flexibility index (Phi) is 3.25. The molecule has 0 atom stereocenters. The van der Waals surface area contributed by atoms with Gasteiger partial charge >= 0.3 is 0 Å². The minimum absolute atomic E-state index is 0.222. The van der Waals surface area contributed by atoms with Crippen LogP contribution < -0.4 is 0 Å². The van der Waals surface area contributed by atoms with Crippen LogP contribution in [0.15, 0.2) is 49.0 Å². The molecule has 0 amide bonds. The molecule has 0 N–H and O–H groups in total. The highest BCUT2D eigenvalue weighted by Crippen LogP contribution is 2.59. The summed E-state index contributed by atoms with van der Waals surface area (Å²) < 4.78 is 0. The standard InChI is InChI=1S/C22H23Cl/c1-15(16-7-5-4-6-8-16)17-13-19-18(14-20(17)23)21(2,3)9-10-22(19)11-12-22/h4-8,13-14H,1,9-12H2,2-3H3. The van der Waals surface area contributed by atoms with Crippen LogP contribution in [0.1, 0.15) is 61.8 Å². The second-order valence-corrected chi connectivity index (χ2v) is 8.29. The highest BCUT2D eigenvalue weighted by Gasteiger charge is 2.50. The van der Waals surface area contributed by atoms with Crippen molar-refractivity contribution in [2.75, 3.05) is 0 Å². The zero-order valence-corrected chi connectivity index (χ0v) is 14.7. The summed E-state index contributed by atoms with van der Waals surface area (Å²) >= 11 is 6.69. The van der Waals surface area contributed by atoms with Crippen LogP contribution in [-0.4, -0.2) is 0 Å². The Morgan fingerprint density at radius 1 is 0.957 bits per heavy atom. The van der Waals surface area contributed by atoms with E-state index in [-0.39, 0.29) is 5.41 Å². The topological polar surface area (TPSA) is 0 Å². The Labute approximate surface area is 144 Å². The van der Waals surface area contributed by atoms with Crippen molar-refractivity contribution in [2.24, 2.45) is 0 Å². The van der Waals surface area contributed by atoms with E-state index in [9.17, 15) is 0 Å². The third-order valence-electron chi connectivity index (χ3n) is 5.94. The molecule has 0 saturated heterocycles. The maximum absolute atomic E-state index is 6.69. The van der Waals surface area contributed by atoms with E-state index in [0.29, 0.717) is 5.41 Å². The Balaban J connectivity index is 1.86. The molecular formula is C22H23Cl. The van der Waals surface area contributed by atoms with Gasteiger partial charge in [0.25, 0.3) is 0 Å². The predicted octanol–water partition coefficient (Wildman–Crippen LogP) is 6.50. The van der Waals surface area contributed by atoms with Gasteiger partial charge in [-0.15, -0.1) is 0 Å². The maximum atomic E-state index is 6.69. The van der Waals surface area contributed by atoms with Crippen LogP contribution in [0.2, 0.25) is 5.02 Å². The molecule has 0 bridgehead atoms. The van der Waals surface area contributed by atoms with Crippen molar-refractivity contribution in [1.82, 2.24) is 0 Å². The lowest BCUT2D eigenvalue weighted by molar-refractivity contribution is 0.382. The lowest BCUT2D eigenvalue weighted by Gasteiger charge is -2.38. The molecule has 1 fully saturated rings. The fourth-order valence-corrected chi connectivity index (χ4v) is 4.37. The van der Waals surface area contributed by atoms with E-state index in [0.717, 1.165) is 21.7 Å². The van der Waals surface area contributed by atoms with E-state index in [2.05, 4.69) is 56.8 Å². The van der Waals surface area contributed by atoms with E-state index in [1.54, 1.807) is 0 Å². The molecule has 2 aromatic rings. The molecule has 4 rings (SSSR count). The fraction of sp³-hybridized carbons (Fsp3) is 0.364. The first kappa shape index (κ1) is 15.0. The van der Waals surface area contributed by atoms with Crippen molar-refractivity contribution in [3.8, 4) is 0 Å². The van der Waals surface area contributed by atoms with Crippen molar-refractivity contribution in [1.29, 1.82) is 0 Å². The summed E-state index contributed by atoms with van der Waals surface area (Å²) in [6, 6.07) is 14.9. The lowest BCUT2D eigenvalue weighted by atomic mass is 9.66. The smallest absolute Gasteiger partial charge is 0.0487 e. The van der Waals surface area contributed by atoms with Gasteiger partial charge in [-0.25, -0.2) is 0 Å². The Morgan fingerprint density at radius 2 is 1.61 bits per heavy atom. The van der Waals surface area contributed by atoms with Crippen LogP contribution in [0, 0.1) is 0 Å². The van der Waals surface area contributed by atoms with Gasteiger partial charge in [-0.2, -0.15) is 0 Å². The first-order chi connectivity index (χ1) is 10.9. The molecule has 0 heterocycles. The number of hydrogen-bond donors (Lipinski definition) is 0. The summed E-state index contributed by atoms with van der Waals surface area (Å²) in [6.45, 7) is 9.03. The van der Waals surface area contributed by atoms with Crippen molar-refractivity contribution in [2.45, 2.75) is 50.4 Å². The van der Waals surface area contributed by atoms with Crippen LogP contribution in [-0.2, 0) is 10.8 Å². The van der Waals surface area contributed by atoms with Crippen LogP contribution >= 0.6 is 11.6 Å². The van der Waals surface area contributed by atoms with Gasteiger partial charge in [0, 0.05) is 10.6 Å². The summed E-state index contributed by atoms with van der Waals surface area (Å²) in [5, 5.41) is 0.836. The monoisotopic (exact) mass is 322 g/mol. The zero-order chi connectivity index (χ0) is 16.2. The summed E-state index contributed by atoms with van der Waals surface area (Å²) in [5.74, 6) is 0. The van der Waals surface area contributed by atoms with Crippen molar-refractivity contribution < 1.29 is 0 Å². The quantitative estimate of drug-likeness (QED) is 0.591. The molecule has 23 heavy (non-hydrogen) atoms. The first-order valence-corrected chi connectivity index (χ1v) is 8.90. The number of fused-ring (bicyclic) bond motifs is 2. The summed E-state index contributed by atoms with van der Waals surface area (Å²) in [4.78, 5) is 0. The molecule has 0 aliphatic heterocycles. The Hall–Kier alpha value is -1.53. The van der Waals surface area contributed by atoms with Crippen LogP contribution in [0.3, 0.4) is 0 Å². The maximum Gasteiger partial charge on any atom is 0.0487 e. The van der Waals surface area contributed by atoms with E-state index >= 15 is 0 Å². The number of hydrogen-bond acceptors (Lipinski definition) is 0. The van der Waals surface area contributed by atoms with Gasteiger partial charge in [0.2, 0.25) is 0 Å².